The molecule has 2 amide bonds. The van der Waals surface area contributed by atoms with E-state index in [2.05, 4.69) is 5.32 Å². The fourth-order valence-corrected chi connectivity index (χ4v) is 3.90. The molecule has 0 saturated carbocycles. The van der Waals surface area contributed by atoms with Gasteiger partial charge in [-0.1, -0.05) is 48.5 Å². The summed E-state index contributed by atoms with van der Waals surface area (Å²) in [6, 6.07) is 14.7. The zero-order valence-corrected chi connectivity index (χ0v) is 17.8. The summed E-state index contributed by atoms with van der Waals surface area (Å²) in [5.41, 5.74) is 4.16. The number of hydrogen-bond donors (Lipinski definition) is 2. The number of nitrogens with one attached hydrogen (secondary N) is 1. The molecule has 7 nitrogen and oxygen atoms in total. The van der Waals surface area contributed by atoms with Gasteiger partial charge in [-0.25, -0.2) is 4.79 Å². The first-order valence-electron chi connectivity index (χ1n) is 10.2. The summed E-state index contributed by atoms with van der Waals surface area (Å²) in [7, 11) is 0. The number of rotatable bonds is 8. The largest absolute Gasteiger partial charge is 0.480 e. The van der Waals surface area contributed by atoms with Gasteiger partial charge >= 0.3 is 18.2 Å². The summed E-state index contributed by atoms with van der Waals surface area (Å²) in [6.07, 6.45) is -6.07. The van der Waals surface area contributed by atoms with Crippen molar-refractivity contribution in [1.29, 1.82) is 0 Å². The number of ether oxygens (including phenoxy) is 1. The molecule has 3 rings (SSSR count). The van der Waals surface area contributed by atoms with Crippen molar-refractivity contribution in [1.82, 2.24) is 10.2 Å². The Morgan fingerprint density at radius 2 is 1.61 bits per heavy atom. The van der Waals surface area contributed by atoms with Gasteiger partial charge < -0.3 is 20.1 Å². The molecule has 2 N–H and O–H groups in total. The number of alkyl halides is 3. The van der Waals surface area contributed by atoms with Gasteiger partial charge in [-0.05, 0) is 29.2 Å². The molecule has 0 bridgehead atoms. The van der Waals surface area contributed by atoms with Crippen LogP contribution in [0.15, 0.2) is 48.5 Å². The number of benzene rings is 2. The highest BCUT2D eigenvalue weighted by Gasteiger charge is 2.34. The Morgan fingerprint density at radius 1 is 1.06 bits per heavy atom. The number of aliphatic carboxylic acids is 1. The fraction of sp³-hybridized carbons (Fsp3) is 0.348. The Morgan fingerprint density at radius 3 is 2.12 bits per heavy atom. The maximum Gasteiger partial charge on any atom is 0.407 e. The number of carbonyl (C=O) groups excluding carboxylic acids is 2. The van der Waals surface area contributed by atoms with Crippen LogP contribution in [0.3, 0.4) is 0 Å². The maximum absolute atomic E-state index is 12.6. The highest BCUT2D eigenvalue weighted by molar-refractivity contribution is 5.82. The molecule has 1 atom stereocenters. The van der Waals surface area contributed by atoms with Gasteiger partial charge in [0.1, 0.15) is 19.7 Å². The summed E-state index contributed by atoms with van der Waals surface area (Å²) in [5, 5.41) is 11.2. The van der Waals surface area contributed by atoms with E-state index in [1.54, 1.807) is 0 Å². The first-order valence-corrected chi connectivity index (χ1v) is 10.2. The Hall–Kier alpha value is -3.56. The van der Waals surface area contributed by atoms with Crippen molar-refractivity contribution in [3.05, 3.63) is 59.7 Å². The van der Waals surface area contributed by atoms with Crippen LogP contribution < -0.4 is 5.32 Å². The Labute approximate surface area is 188 Å². The summed E-state index contributed by atoms with van der Waals surface area (Å²) in [6.45, 7) is -1.31. The van der Waals surface area contributed by atoms with Crippen molar-refractivity contribution in [2.45, 2.75) is 31.5 Å². The van der Waals surface area contributed by atoms with E-state index in [-0.39, 0.29) is 17.4 Å². The average Bonchev–Trinajstić information content (AvgIpc) is 3.04. The molecule has 1 aliphatic rings. The minimum atomic E-state index is -4.74. The van der Waals surface area contributed by atoms with Gasteiger partial charge in [-0.15, -0.1) is 0 Å². The van der Waals surface area contributed by atoms with Crippen molar-refractivity contribution in [2.24, 2.45) is 0 Å². The number of carbonyl (C=O) groups is 3. The molecule has 176 valence electrons. The van der Waals surface area contributed by atoms with Crippen LogP contribution in [-0.2, 0) is 14.3 Å². The van der Waals surface area contributed by atoms with E-state index in [1.807, 2.05) is 48.5 Å². The molecule has 33 heavy (non-hydrogen) atoms. The Kier molecular flexibility index (Phi) is 7.25. The number of carboxylic acid groups (broad SMARTS) is 1. The molecule has 0 fully saturated rings. The number of halogens is 3. The molecule has 0 aromatic heterocycles. The smallest absolute Gasteiger partial charge is 0.407 e. The lowest BCUT2D eigenvalue weighted by Gasteiger charge is -2.24. The van der Waals surface area contributed by atoms with Crippen LogP contribution in [0.1, 0.15) is 30.4 Å². The molecule has 0 saturated heterocycles. The number of nitrogens with zero attached hydrogens (tertiary/aromatic N) is 1. The SMILES string of the molecule is C[C@H](CC(=O)N(CC(=O)O)CC(F)(F)F)NC(=O)OCC1c2ccccc2-c2ccccc21. The lowest BCUT2D eigenvalue weighted by Crippen LogP contribution is -2.45. The molecule has 0 aliphatic heterocycles. The van der Waals surface area contributed by atoms with Gasteiger partial charge in [-0.3, -0.25) is 9.59 Å². The van der Waals surface area contributed by atoms with E-state index in [9.17, 15) is 27.6 Å². The standard InChI is InChI=1S/C23H23F3N2O5/c1-14(10-20(29)28(11-21(30)31)13-23(24,25)26)27-22(32)33-12-19-17-8-4-2-6-15(17)16-7-3-5-9-18(16)19/h2-9,14,19H,10-13H2,1H3,(H,27,32)(H,30,31)/t14-/m1/s1. The third-order valence-electron chi connectivity index (χ3n) is 5.24. The number of amides is 2. The Bertz CT molecular complexity index is 995. The second-order valence-electron chi connectivity index (χ2n) is 7.83. The summed E-state index contributed by atoms with van der Waals surface area (Å²) in [4.78, 5) is 35.4. The van der Waals surface area contributed by atoms with Crippen LogP contribution in [0.25, 0.3) is 11.1 Å². The minimum absolute atomic E-state index is 0.0414. The monoisotopic (exact) mass is 464 g/mol. The van der Waals surface area contributed by atoms with Crippen LogP contribution in [0, 0.1) is 0 Å². The topological polar surface area (TPSA) is 95.9 Å². The van der Waals surface area contributed by atoms with Crippen LogP contribution in [-0.4, -0.2) is 59.9 Å². The molecule has 10 heteroatoms. The zero-order chi connectivity index (χ0) is 24.2. The fourth-order valence-electron chi connectivity index (χ4n) is 3.90. The third-order valence-corrected chi connectivity index (χ3v) is 5.24. The number of hydrogen-bond acceptors (Lipinski definition) is 4. The van der Waals surface area contributed by atoms with Crippen LogP contribution in [0.5, 0.6) is 0 Å². The quantitative estimate of drug-likeness (QED) is 0.620. The predicted molar refractivity (Wildman–Crippen MR) is 113 cm³/mol. The maximum atomic E-state index is 12.6. The molecule has 0 spiro atoms. The first kappa shape index (κ1) is 24.1. The molecule has 0 radical (unpaired) electrons. The van der Waals surface area contributed by atoms with Crippen molar-refractivity contribution in [2.75, 3.05) is 19.7 Å². The molecule has 2 aromatic carbocycles. The van der Waals surface area contributed by atoms with Gasteiger partial charge in [-0.2, -0.15) is 13.2 Å². The molecule has 2 aromatic rings. The number of fused-ring (bicyclic) bond motifs is 3. The van der Waals surface area contributed by atoms with Gasteiger partial charge in [0, 0.05) is 18.4 Å². The summed E-state index contributed by atoms with van der Waals surface area (Å²) in [5.74, 6) is -2.77. The molecule has 0 unspecified atom stereocenters. The van der Waals surface area contributed by atoms with E-state index in [0.717, 1.165) is 22.3 Å². The zero-order valence-electron chi connectivity index (χ0n) is 17.8. The lowest BCUT2D eigenvalue weighted by atomic mass is 9.98. The van der Waals surface area contributed by atoms with Gasteiger partial charge in [0.2, 0.25) is 5.91 Å². The van der Waals surface area contributed by atoms with Crippen molar-refractivity contribution < 1.29 is 37.4 Å². The van der Waals surface area contributed by atoms with Crippen molar-refractivity contribution >= 4 is 18.0 Å². The van der Waals surface area contributed by atoms with E-state index in [4.69, 9.17) is 9.84 Å². The molecule has 0 heterocycles. The van der Waals surface area contributed by atoms with Crippen LogP contribution in [0.2, 0.25) is 0 Å². The minimum Gasteiger partial charge on any atom is -0.480 e. The summed E-state index contributed by atoms with van der Waals surface area (Å²) >= 11 is 0. The van der Waals surface area contributed by atoms with E-state index >= 15 is 0 Å². The lowest BCUT2D eigenvalue weighted by molar-refractivity contribution is -0.166. The highest BCUT2D eigenvalue weighted by Crippen LogP contribution is 2.44. The number of carboxylic acids is 1. The average molecular weight is 464 g/mol. The first-order chi connectivity index (χ1) is 15.5. The molecule has 1 aliphatic carbocycles. The van der Waals surface area contributed by atoms with Gasteiger partial charge in [0.05, 0.1) is 0 Å². The third kappa shape index (κ3) is 6.24. The second kappa shape index (κ2) is 9.93. The highest BCUT2D eigenvalue weighted by atomic mass is 19.4. The normalized spacial score (nSPS) is 13.6. The van der Waals surface area contributed by atoms with Gasteiger partial charge in [0.15, 0.2) is 0 Å². The molecular weight excluding hydrogens is 441 g/mol. The number of alkyl carbamates (subject to hydrolysis) is 1. The van der Waals surface area contributed by atoms with E-state index in [1.165, 1.54) is 6.92 Å². The molecular formula is C23H23F3N2O5. The second-order valence-corrected chi connectivity index (χ2v) is 7.83. The van der Waals surface area contributed by atoms with Crippen molar-refractivity contribution in [3.63, 3.8) is 0 Å². The Balaban J connectivity index is 1.56. The predicted octanol–water partition coefficient (Wildman–Crippen LogP) is 3.78. The van der Waals surface area contributed by atoms with Crippen LogP contribution >= 0.6 is 0 Å². The van der Waals surface area contributed by atoms with E-state index in [0.29, 0.717) is 0 Å². The van der Waals surface area contributed by atoms with Crippen molar-refractivity contribution in [3.8, 4) is 11.1 Å². The van der Waals surface area contributed by atoms with E-state index < -0.39 is 49.7 Å². The summed E-state index contributed by atoms with van der Waals surface area (Å²) < 4.78 is 43.3. The van der Waals surface area contributed by atoms with Crippen LogP contribution in [0.4, 0.5) is 18.0 Å². The van der Waals surface area contributed by atoms with Gasteiger partial charge in [0.25, 0.3) is 0 Å².